The third-order valence-electron chi connectivity index (χ3n) is 14.5. The van der Waals surface area contributed by atoms with E-state index in [2.05, 4.69) is 10.6 Å². The number of ether oxygens (including phenoxy) is 6. The molecule has 0 aromatic heterocycles. The Balaban J connectivity index is 0.726. The molecular formula is C69H58N2O12. The van der Waals surface area contributed by atoms with Crippen molar-refractivity contribution in [2.24, 2.45) is 0 Å². The third kappa shape index (κ3) is 13.6. The number of allylic oxidation sites excluding steroid dienone is 2. The van der Waals surface area contributed by atoms with E-state index < -0.39 is 54.2 Å². The number of fused-ring (bicyclic) bond motifs is 6. The first-order chi connectivity index (χ1) is 40.5. The van der Waals surface area contributed by atoms with E-state index in [-0.39, 0.29) is 60.9 Å². The number of carbonyl (C=O) groups is 6. The van der Waals surface area contributed by atoms with E-state index in [0.29, 0.717) is 11.1 Å². The molecule has 0 saturated carbocycles. The van der Waals surface area contributed by atoms with Crippen LogP contribution in [0.2, 0.25) is 0 Å². The maximum Gasteiger partial charge on any atom is 0.407 e. The lowest BCUT2D eigenvalue weighted by atomic mass is 9.98. The van der Waals surface area contributed by atoms with E-state index in [1.54, 1.807) is 24.3 Å². The van der Waals surface area contributed by atoms with Gasteiger partial charge >= 0.3 is 24.1 Å². The molecule has 83 heavy (non-hydrogen) atoms. The standard InChI is InChI=1S/C69H58N2O12/c1-78-64-39-46(31-35-62(64)82-66(74)60(37-44-17-5-3-6-18-44)70-68(76)80-42-58-54-25-13-9-21-50(54)51-22-10-14-26-55(51)58)29-33-48(72)41-49(73)34-30-47-32-36-63(65(40-47)79-2)83-67(75)61(38-45-19-7-4-8-20-45)71-69(77)81-43-59-56-27-15-11-23-52(56)53-24-12-16-28-57(53)59/h3-36,39-40,58-61H,37-38,41-43H2,1-2H3,(H,70,76)(H,71,77)/b33-29+,34-30+/t60-,61?/m0/s1. The summed E-state index contributed by atoms with van der Waals surface area (Å²) < 4.78 is 34.3. The van der Waals surface area contributed by atoms with Crippen molar-refractivity contribution in [1.82, 2.24) is 10.6 Å². The summed E-state index contributed by atoms with van der Waals surface area (Å²) in [6, 6.07) is 57.6. The SMILES string of the molecule is COc1cc(/C=C/C(=O)CC(=O)/C=C/c2ccc(OC(=O)[C@H](Cc3ccccc3)NC(=O)OCC3c4ccccc4-c4ccccc43)c(OC)c2)ccc1OC(=O)C(Cc1ccccc1)NC(=O)OCC1c2ccccc2-c2ccccc21. The smallest absolute Gasteiger partial charge is 0.407 e. The highest BCUT2D eigenvalue weighted by Crippen LogP contribution is 2.46. The lowest BCUT2D eigenvalue weighted by molar-refractivity contribution is -0.137. The molecule has 0 bridgehead atoms. The van der Waals surface area contributed by atoms with Crippen LogP contribution in [0.25, 0.3) is 34.4 Å². The molecule has 2 N–H and O–H groups in total. The number of alkyl carbamates (subject to hydrolysis) is 2. The molecule has 14 heteroatoms. The fraction of sp³-hybridized carbons (Fsp3) is 0.159. The molecule has 0 saturated heterocycles. The molecule has 2 amide bonds. The Hall–Kier alpha value is -10.3. The van der Waals surface area contributed by atoms with Gasteiger partial charge in [0.1, 0.15) is 25.3 Å². The van der Waals surface area contributed by atoms with Crippen LogP contribution in [0.1, 0.15) is 62.8 Å². The number of ketones is 2. The Morgan fingerprint density at radius 3 is 1.11 bits per heavy atom. The quantitative estimate of drug-likeness (QED) is 0.0284. The Morgan fingerprint density at radius 1 is 0.422 bits per heavy atom. The van der Waals surface area contributed by atoms with Gasteiger partial charge in [0.2, 0.25) is 0 Å². The minimum absolute atomic E-state index is 0.0591. The van der Waals surface area contributed by atoms with Gasteiger partial charge < -0.3 is 39.1 Å². The van der Waals surface area contributed by atoms with Crippen LogP contribution in [0.15, 0.2) is 206 Å². The van der Waals surface area contributed by atoms with Crippen molar-refractivity contribution in [3.8, 4) is 45.3 Å². The van der Waals surface area contributed by atoms with Crippen molar-refractivity contribution in [3.63, 3.8) is 0 Å². The van der Waals surface area contributed by atoms with Crippen molar-refractivity contribution in [2.45, 2.75) is 43.2 Å². The summed E-state index contributed by atoms with van der Waals surface area (Å²) in [5, 5.41) is 5.44. The van der Waals surface area contributed by atoms with Crippen molar-refractivity contribution in [3.05, 3.63) is 251 Å². The Kier molecular flexibility index (Phi) is 17.7. The first-order valence-corrected chi connectivity index (χ1v) is 27.0. The molecule has 8 aromatic rings. The molecule has 416 valence electrons. The van der Waals surface area contributed by atoms with Gasteiger partial charge in [0.05, 0.1) is 20.6 Å². The van der Waals surface area contributed by atoms with Crippen LogP contribution in [0.5, 0.6) is 23.0 Å². The van der Waals surface area contributed by atoms with Crippen molar-refractivity contribution >= 4 is 47.8 Å². The highest BCUT2D eigenvalue weighted by molar-refractivity contribution is 6.11. The van der Waals surface area contributed by atoms with Gasteiger partial charge in [0, 0.05) is 24.7 Å². The highest BCUT2D eigenvalue weighted by Gasteiger charge is 2.33. The number of carbonyl (C=O) groups excluding carboxylic acids is 6. The second-order valence-corrected chi connectivity index (χ2v) is 19.9. The monoisotopic (exact) mass is 1110 g/mol. The fourth-order valence-corrected chi connectivity index (χ4v) is 10.4. The summed E-state index contributed by atoms with van der Waals surface area (Å²) in [5.74, 6) is -2.31. The number of amides is 2. The summed E-state index contributed by atoms with van der Waals surface area (Å²) in [6.07, 6.45) is 3.78. The van der Waals surface area contributed by atoms with E-state index in [0.717, 1.165) is 55.6 Å². The summed E-state index contributed by atoms with van der Waals surface area (Å²) in [4.78, 5) is 80.6. The number of nitrogens with one attached hydrogen (secondary N) is 2. The number of benzene rings is 8. The zero-order valence-corrected chi connectivity index (χ0v) is 45.5. The van der Waals surface area contributed by atoms with Gasteiger partial charge in [-0.25, -0.2) is 19.2 Å². The van der Waals surface area contributed by atoms with Crippen molar-refractivity contribution in [1.29, 1.82) is 0 Å². The molecule has 2 aliphatic rings. The van der Waals surface area contributed by atoms with E-state index in [9.17, 15) is 28.8 Å². The van der Waals surface area contributed by atoms with Crippen LogP contribution in [0, 0.1) is 0 Å². The van der Waals surface area contributed by atoms with Crippen molar-refractivity contribution < 1.29 is 57.2 Å². The average Bonchev–Trinajstić information content (AvgIpc) is 4.24. The molecule has 0 aliphatic heterocycles. The molecule has 8 aromatic carbocycles. The Morgan fingerprint density at radius 2 is 0.759 bits per heavy atom. The van der Waals surface area contributed by atoms with Gasteiger partial charge in [0.25, 0.3) is 0 Å². The summed E-state index contributed by atoms with van der Waals surface area (Å²) in [6.45, 7) is 0.118. The fourth-order valence-electron chi connectivity index (χ4n) is 10.4. The van der Waals surface area contributed by atoms with E-state index in [1.165, 1.54) is 50.7 Å². The molecular weight excluding hydrogens is 1050 g/mol. The first-order valence-electron chi connectivity index (χ1n) is 27.0. The number of hydrogen-bond donors (Lipinski definition) is 2. The predicted octanol–water partition coefficient (Wildman–Crippen LogP) is 12.1. The zero-order chi connectivity index (χ0) is 57.7. The minimum atomic E-state index is -1.13. The molecule has 2 atom stereocenters. The van der Waals surface area contributed by atoms with Gasteiger partial charge in [0.15, 0.2) is 34.6 Å². The Labute approximate surface area is 480 Å². The molecule has 1 unspecified atom stereocenters. The van der Waals surface area contributed by atoms with Crippen LogP contribution in [0.4, 0.5) is 9.59 Å². The highest BCUT2D eigenvalue weighted by atomic mass is 16.6. The van der Waals surface area contributed by atoms with E-state index in [4.69, 9.17) is 28.4 Å². The molecule has 2 aliphatic carbocycles. The number of esters is 2. The van der Waals surface area contributed by atoms with E-state index >= 15 is 0 Å². The van der Waals surface area contributed by atoms with Crippen LogP contribution < -0.4 is 29.6 Å². The molecule has 14 nitrogen and oxygen atoms in total. The van der Waals surface area contributed by atoms with Gasteiger partial charge in [-0.1, -0.05) is 182 Å². The zero-order valence-electron chi connectivity index (χ0n) is 45.5. The summed E-state index contributed by atoms with van der Waals surface area (Å²) in [7, 11) is 2.81. The van der Waals surface area contributed by atoms with Crippen LogP contribution in [0.3, 0.4) is 0 Å². The third-order valence-corrected chi connectivity index (χ3v) is 14.5. The predicted molar refractivity (Wildman–Crippen MR) is 314 cm³/mol. The molecule has 0 spiro atoms. The van der Waals surface area contributed by atoms with Crippen molar-refractivity contribution in [2.75, 3.05) is 27.4 Å². The number of hydrogen-bond acceptors (Lipinski definition) is 12. The molecule has 0 radical (unpaired) electrons. The van der Waals surface area contributed by atoms with Gasteiger partial charge in [-0.3, -0.25) is 9.59 Å². The van der Waals surface area contributed by atoms with Crippen LogP contribution in [-0.2, 0) is 41.5 Å². The van der Waals surface area contributed by atoms with Crippen LogP contribution >= 0.6 is 0 Å². The normalized spacial score (nSPS) is 12.9. The molecule has 0 fully saturated rings. The largest absolute Gasteiger partial charge is 0.493 e. The maximum atomic E-state index is 13.9. The van der Waals surface area contributed by atoms with Gasteiger partial charge in [-0.05, 0) is 103 Å². The average molecular weight is 1110 g/mol. The lowest BCUT2D eigenvalue weighted by Gasteiger charge is -2.20. The van der Waals surface area contributed by atoms with Gasteiger partial charge in [-0.15, -0.1) is 0 Å². The second-order valence-electron chi connectivity index (χ2n) is 19.9. The first kappa shape index (κ1) is 56.0. The lowest BCUT2D eigenvalue weighted by Crippen LogP contribution is -2.45. The summed E-state index contributed by atoms with van der Waals surface area (Å²) >= 11 is 0. The van der Waals surface area contributed by atoms with Crippen LogP contribution in [-0.4, -0.2) is 75.2 Å². The minimum Gasteiger partial charge on any atom is -0.493 e. The Bertz CT molecular complexity index is 3430. The summed E-state index contributed by atoms with van der Waals surface area (Å²) in [5.41, 5.74) is 11.2. The number of methoxy groups -OCH3 is 2. The maximum absolute atomic E-state index is 13.9. The molecule has 0 heterocycles. The number of rotatable bonds is 22. The second kappa shape index (κ2) is 26.3. The van der Waals surface area contributed by atoms with Gasteiger partial charge in [-0.2, -0.15) is 0 Å². The topological polar surface area (TPSA) is 182 Å². The van der Waals surface area contributed by atoms with E-state index in [1.807, 2.05) is 158 Å². The molecule has 10 rings (SSSR count).